The summed E-state index contributed by atoms with van der Waals surface area (Å²) in [5.41, 5.74) is 0.458. The molecule has 19 heavy (non-hydrogen) atoms. The van der Waals surface area contributed by atoms with Crippen LogP contribution in [0.15, 0.2) is 21.3 Å². The van der Waals surface area contributed by atoms with Gasteiger partial charge >= 0.3 is 0 Å². The van der Waals surface area contributed by atoms with Crippen LogP contribution in [0.1, 0.15) is 22.5 Å². The smallest absolute Gasteiger partial charge is 0.198 e. The molecule has 0 spiro atoms. The van der Waals surface area contributed by atoms with Crippen molar-refractivity contribution in [3.63, 3.8) is 0 Å². The highest BCUT2D eigenvalue weighted by Crippen LogP contribution is 2.22. The number of hydrogen-bond donors (Lipinski definition) is 4. The fourth-order valence-corrected chi connectivity index (χ4v) is 2.05. The molecule has 0 saturated carbocycles. The fourth-order valence-electron chi connectivity index (χ4n) is 2.05. The van der Waals surface area contributed by atoms with Crippen LogP contribution in [-0.4, -0.2) is 20.4 Å². The number of aliphatic hydroxyl groups is 4. The second-order valence-electron chi connectivity index (χ2n) is 4.09. The zero-order valence-electron chi connectivity index (χ0n) is 10.1. The van der Waals surface area contributed by atoms with Crippen molar-refractivity contribution >= 4 is 11.0 Å². The number of fused-ring (bicyclic) bond motifs is 1. The molecule has 1 aromatic heterocycles. The summed E-state index contributed by atoms with van der Waals surface area (Å²) in [6.45, 7) is -1.72. The molecule has 2 aromatic rings. The minimum absolute atomic E-state index is 0.0148. The SMILES string of the molecule is O=c1c(CO)c(CO)oc2cc(CO)cc(CO)c12. The summed E-state index contributed by atoms with van der Waals surface area (Å²) in [4.78, 5) is 12.2. The van der Waals surface area contributed by atoms with Crippen LogP contribution in [0, 0.1) is 0 Å². The standard InChI is InChI=1S/C13H14O6/c14-3-7-1-8(4-15)12-10(2-7)19-11(6-17)9(5-16)13(12)18/h1-2,14-17H,3-6H2. The van der Waals surface area contributed by atoms with Gasteiger partial charge in [0.25, 0.3) is 0 Å². The summed E-state index contributed by atoms with van der Waals surface area (Å²) in [6, 6.07) is 2.97. The van der Waals surface area contributed by atoms with E-state index in [9.17, 15) is 15.0 Å². The lowest BCUT2D eigenvalue weighted by atomic mass is 10.0. The number of rotatable bonds is 4. The van der Waals surface area contributed by atoms with Crippen LogP contribution < -0.4 is 5.43 Å². The molecule has 0 radical (unpaired) electrons. The van der Waals surface area contributed by atoms with Crippen molar-refractivity contribution in [1.82, 2.24) is 0 Å². The first-order chi connectivity index (χ1) is 9.15. The quantitative estimate of drug-likeness (QED) is 0.608. The van der Waals surface area contributed by atoms with E-state index in [-0.39, 0.29) is 28.9 Å². The third-order valence-electron chi connectivity index (χ3n) is 2.97. The maximum atomic E-state index is 12.2. The Balaban J connectivity index is 2.91. The van der Waals surface area contributed by atoms with Gasteiger partial charge in [-0.15, -0.1) is 0 Å². The summed E-state index contributed by atoms with van der Waals surface area (Å²) in [7, 11) is 0. The first kappa shape index (κ1) is 13.7. The Bertz CT molecular complexity index is 658. The summed E-state index contributed by atoms with van der Waals surface area (Å²) < 4.78 is 5.37. The summed E-state index contributed by atoms with van der Waals surface area (Å²) >= 11 is 0. The molecule has 1 heterocycles. The van der Waals surface area contributed by atoms with Gasteiger partial charge in [0.2, 0.25) is 0 Å². The van der Waals surface area contributed by atoms with E-state index in [2.05, 4.69) is 0 Å². The van der Waals surface area contributed by atoms with Crippen LogP contribution >= 0.6 is 0 Å². The summed E-state index contributed by atoms with van der Waals surface area (Å²) in [5.74, 6) is -0.0148. The highest BCUT2D eigenvalue weighted by Gasteiger charge is 2.16. The minimum atomic E-state index is -0.555. The highest BCUT2D eigenvalue weighted by molar-refractivity contribution is 5.82. The van der Waals surface area contributed by atoms with E-state index in [1.54, 1.807) is 0 Å². The number of hydrogen-bond acceptors (Lipinski definition) is 6. The van der Waals surface area contributed by atoms with Gasteiger partial charge < -0.3 is 24.8 Å². The molecule has 0 aliphatic heterocycles. The van der Waals surface area contributed by atoms with Crippen LogP contribution in [-0.2, 0) is 26.4 Å². The average molecular weight is 266 g/mol. The minimum Gasteiger partial charge on any atom is -0.458 e. The molecule has 0 aliphatic carbocycles. The topological polar surface area (TPSA) is 111 Å². The Hall–Kier alpha value is -1.73. The zero-order valence-corrected chi connectivity index (χ0v) is 10.1. The van der Waals surface area contributed by atoms with Crippen LogP contribution in [0.25, 0.3) is 11.0 Å². The second kappa shape index (κ2) is 5.50. The van der Waals surface area contributed by atoms with Crippen LogP contribution in [0.3, 0.4) is 0 Å². The summed E-state index contributed by atoms with van der Waals surface area (Å²) in [6.07, 6.45) is 0. The molecule has 6 nitrogen and oxygen atoms in total. The van der Waals surface area contributed by atoms with Crippen molar-refractivity contribution in [2.45, 2.75) is 26.4 Å². The van der Waals surface area contributed by atoms with Crippen molar-refractivity contribution in [3.05, 3.63) is 44.8 Å². The Morgan fingerprint density at radius 1 is 0.947 bits per heavy atom. The normalized spacial score (nSPS) is 11.2. The first-order valence-electron chi connectivity index (χ1n) is 5.70. The lowest BCUT2D eigenvalue weighted by molar-refractivity contribution is 0.230. The molecule has 2 rings (SSSR count). The van der Waals surface area contributed by atoms with E-state index in [1.165, 1.54) is 12.1 Å². The predicted molar refractivity (Wildman–Crippen MR) is 66.2 cm³/mol. The molecule has 0 unspecified atom stereocenters. The van der Waals surface area contributed by atoms with Gasteiger partial charge in [-0.2, -0.15) is 0 Å². The van der Waals surface area contributed by atoms with Crippen molar-refractivity contribution < 1.29 is 24.8 Å². The molecule has 0 aliphatic rings. The molecule has 6 heteroatoms. The molecule has 0 atom stereocenters. The van der Waals surface area contributed by atoms with E-state index in [1.807, 2.05) is 0 Å². The molecular formula is C13H14O6. The molecule has 102 valence electrons. The van der Waals surface area contributed by atoms with Crippen LogP contribution in [0.4, 0.5) is 0 Å². The maximum absolute atomic E-state index is 12.2. The van der Waals surface area contributed by atoms with Crippen molar-refractivity contribution in [1.29, 1.82) is 0 Å². The van der Waals surface area contributed by atoms with Crippen molar-refractivity contribution in [2.24, 2.45) is 0 Å². The van der Waals surface area contributed by atoms with Gasteiger partial charge in [-0.05, 0) is 17.2 Å². The van der Waals surface area contributed by atoms with Gasteiger partial charge in [-0.25, -0.2) is 0 Å². The highest BCUT2D eigenvalue weighted by atomic mass is 16.4. The van der Waals surface area contributed by atoms with Gasteiger partial charge in [0.05, 0.1) is 30.8 Å². The van der Waals surface area contributed by atoms with E-state index in [0.29, 0.717) is 11.1 Å². The van der Waals surface area contributed by atoms with Crippen LogP contribution in [0.5, 0.6) is 0 Å². The Labute approximate surface area is 108 Å². The maximum Gasteiger partial charge on any atom is 0.198 e. The third-order valence-corrected chi connectivity index (χ3v) is 2.97. The molecule has 0 fully saturated rings. The van der Waals surface area contributed by atoms with Crippen molar-refractivity contribution in [3.8, 4) is 0 Å². The van der Waals surface area contributed by atoms with Gasteiger partial charge in [-0.1, -0.05) is 6.07 Å². The Kier molecular flexibility index (Phi) is 3.96. The van der Waals surface area contributed by atoms with Crippen LogP contribution in [0.2, 0.25) is 0 Å². The molecule has 1 aromatic carbocycles. The van der Waals surface area contributed by atoms with Crippen molar-refractivity contribution in [2.75, 3.05) is 0 Å². The van der Waals surface area contributed by atoms with Gasteiger partial charge in [0.1, 0.15) is 18.0 Å². The molecular weight excluding hydrogens is 252 g/mol. The van der Waals surface area contributed by atoms with E-state index in [4.69, 9.17) is 14.6 Å². The van der Waals surface area contributed by atoms with Gasteiger partial charge in [0.15, 0.2) is 5.43 Å². The first-order valence-corrected chi connectivity index (χ1v) is 5.70. The molecule has 4 N–H and O–H groups in total. The average Bonchev–Trinajstić information content (AvgIpc) is 2.45. The Morgan fingerprint density at radius 3 is 2.21 bits per heavy atom. The second-order valence-corrected chi connectivity index (χ2v) is 4.09. The van der Waals surface area contributed by atoms with Gasteiger partial charge in [0, 0.05) is 0 Å². The lowest BCUT2D eigenvalue weighted by Crippen LogP contribution is -2.15. The third kappa shape index (κ3) is 2.26. The number of benzene rings is 1. The molecule has 0 amide bonds. The lowest BCUT2D eigenvalue weighted by Gasteiger charge is -2.10. The number of aliphatic hydroxyl groups excluding tert-OH is 4. The largest absolute Gasteiger partial charge is 0.458 e. The molecule has 0 saturated heterocycles. The fraction of sp³-hybridized carbons (Fsp3) is 0.308. The Morgan fingerprint density at radius 2 is 1.68 bits per heavy atom. The molecule has 0 bridgehead atoms. The van der Waals surface area contributed by atoms with E-state index in [0.717, 1.165) is 0 Å². The zero-order chi connectivity index (χ0) is 14.0. The summed E-state index contributed by atoms with van der Waals surface area (Å²) in [5, 5.41) is 36.9. The monoisotopic (exact) mass is 266 g/mol. The van der Waals surface area contributed by atoms with Gasteiger partial charge in [-0.3, -0.25) is 4.79 Å². The predicted octanol–water partition coefficient (Wildman–Crippen LogP) is -0.238. The van der Waals surface area contributed by atoms with E-state index >= 15 is 0 Å². The van der Waals surface area contributed by atoms with E-state index < -0.39 is 25.2 Å².